The molecule has 22 heavy (non-hydrogen) atoms. The number of ether oxygens (including phenoxy) is 2. The first-order chi connectivity index (χ1) is 10.6. The van der Waals surface area contributed by atoms with Crippen molar-refractivity contribution in [1.82, 2.24) is 10.2 Å². The van der Waals surface area contributed by atoms with Gasteiger partial charge in [0.05, 0.1) is 20.1 Å². The van der Waals surface area contributed by atoms with Gasteiger partial charge in [-0.05, 0) is 12.1 Å². The Hall–Kier alpha value is -2.70. The van der Waals surface area contributed by atoms with Crippen molar-refractivity contribution in [3.05, 3.63) is 36.2 Å². The number of esters is 2. The minimum absolute atomic E-state index is 0.166. The van der Waals surface area contributed by atoms with Crippen molar-refractivity contribution in [1.29, 1.82) is 0 Å². The maximum Gasteiger partial charge on any atom is 0.320 e. The Labute approximate surface area is 127 Å². The van der Waals surface area contributed by atoms with Gasteiger partial charge in [0.25, 0.3) is 0 Å². The molecule has 0 saturated heterocycles. The van der Waals surface area contributed by atoms with Crippen LogP contribution in [-0.2, 0) is 19.1 Å². The number of methoxy groups -OCH3 is 2. The quantitative estimate of drug-likeness (QED) is 0.614. The molecule has 0 radical (unpaired) electrons. The van der Waals surface area contributed by atoms with Crippen LogP contribution in [0.5, 0.6) is 0 Å². The summed E-state index contributed by atoms with van der Waals surface area (Å²) < 4.78 is 14.8. The van der Waals surface area contributed by atoms with Crippen LogP contribution < -0.4 is 0 Å². The predicted molar refractivity (Wildman–Crippen MR) is 75.7 cm³/mol. The Morgan fingerprint density at radius 3 is 2.18 bits per heavy atom. The molecule has 0 aliphatic heterocycles. The first kappa shape index (κ1) is 15.7. The molecule has 7 nitrogen and oxygen atoms in total. The van der Waals surface area contributed by atoms with E-state index in [-0.39, 0.29) is 5.89 Å². The fourth-order valence-electron chi connectivity index (χ4n) is 2.02. The summed E-state index contributed by atoms with van der Waals surface area (Å²) >= 11 is 0. The molecule has 0 amide bonds. The summed E-state index contributed by atoms with van der Waals surface area (Å²) in [6, 6.07) is 9.19. The van der Waals surface area contributed by atoms with Crippen LogP contribution in [0.1, 0.15) is 18.7 Å². The summed E-state index contributed by atoms with van der Waals surface area (Å²) in [6.07, 6.45) is 0. The Bertz CT molecular complexity index is 637. The zero-order chi connectivity index (χ0) is 16.1. The standard InChI is InChI=1S/C15H16N2O5/c1-9(11(14(18)20-2)15(19)21-3)12-16-17-13(22-12)10-7-5-4-6-8-10/h4-9,11H,1-3H3. The third-order valence-electron chi connectivity index (χ3n) is 3.26. The van der Waals surface area contributed by atoms with Gasteiger partial charge in [0, 0.05) is 5.56 Å². The highest BCUT2D eigenvalue weighted by atomic mass is 16.5. The Morgan fingerprint density at radius 2 is 1.64 bits per heavy atom. The summed E-state index contributed by atoms with van der Waals surface area (Å²) in [6.45, 7) is 1.63. The predicted octanol–water partition coefficient (Wildman–Crippen LogP) is 1.80. The highest BCUT2D eigenvalue weighted by Gasteiger charge is 2.38. The molecule has 1 heterocycles. The molecule has 0 N–H and O–H groups in total. The van der Waals surface area contributed by atoms with E-state index in [0.29, 0.717) is 5.89 Å². The number of carbonyl (C=O) groups is 2. The smallest absolute Gasteiger partial charge is 0.320 e. The first-order valence-electron chi connectivity index (χ1n) is 6.63. The number of nitrogens with zero attached hydrogens (tertiary/aromatic N) is 2. The molecule has 0 bridgehead atoms. The lowest BCUT2D eigenvalue weighted by atomic mass is 9.94. The number of aromatic nitrogens is 2. The van der Waals surface area contributed by atoms with Gasteiger partial charge in [-0.1, -0.05) is 25.1 Å². The lowest BCUT2D eigenvalue weighted by Gasteiger charge is -2.16. The van der Waals surface area contributed by atoms with Crippen LogP contribution >= 0.6 is 0 Å². The largest absolute Gasteiger partial charge is 0.468 e. The normalized spacial score (nSPS) is 12.0. The number of benzene rings is 1. The molecular formula is C15H16N2O5. The van der Waals surface area contributed by atoms with Gasteiger partial charge >= 0.3 is 11.9 Å². The van der Waals surface area contributed by atoms with Gasteiger partial charge in [0.15, 0.2) is 5.92 Å². The number of rotatable bonds is 5. The minimum Gasteiger partial charge on any atom is -0.468 e. The Morgan fingerprint density at radius 1 is 1.05 bits per heavy atom. The Balaban J connectivity index is 2.28. The Kier molecular flexibility index (Phi) is 4.88. The van der Waals surface area contributed by atoms with Crippen LogP contribution in [0.4, 0.5) is 0 Å². The topological polar surface area (TPSA) is 91.5 Å². The van der Waals surface area contributed by atoms with Crippen molar-refractivity contribution >= 4 is 11.9 Å². The second kappa shape index (κ2) is 6.84. The summed E-state index contributed by atoms with van der Waals surface area (Å²) in [7, 11) is 2.41. The van der Waals surface area contributed by atoms with E-state index in [1.165, 1.54) is 14.2 Å². The van der Waals surface area contributed by atoms with Crippen LogP contribution in [-0.4, -0.2) is 36.4 Å². The second-order valence-corrected chi connectivity index (χ2v) is 4.62. The number of carbonyl (C=O) groups excluding carboxylic acids is 2. The molecule has 2 aromatic rings. The summed E-state index contributed by atoms with van der Waals surface area (Å²) in [5.74, 6) is -2.75. The molecule has 0 fully saturated rings. The lowest BCUT2D eigenvalue weighted by Crippen LogP contribution is -2.31. The van der Waals surface area contributed by atoms with Crippen LogP contribution in [0.3, 0.4) is 0 Å². The monoisotopic (exact) mass is 304 g/mol. The summed E-state index contributed by atoms with van der Waals surface area (Å²) in [5, 5.41) is 7.85. The van der Waals surface area contributed by atoms with E-state index in [9.17, 15) is 9.59 Å². The highest BCUT2D eigenvalue weighted by molar-refractivity contribution is 5.95. The third kappa shape index (κ3) is 3.13. The molecule has 1 aromatic heterocycles. The van der Waals surface area contributed by atoms with Crippen molar-refractivity contribution in [2.45, 2.75) is 12.8 Å². The van der Waals surface area contributed by atoms with E-state index in [1.54, 1.807) is 6.92 Å². The molecule has 0 spiro atoms. The fraction of sp³-hybridized carbons (Fsp3) is 0.333. The first-order valence-corrected chi connectivity index (χ1v) is 6.63. The highest BCUT2D eigenvalue weighted by Crippen LogP contribution is 2.28. The molecule has 1 aromatic carbocycles. The molecule has 0 aliphatic carbocycles. The van der Waals surface area contributed by atoms with E-state index in [4.69, 9.17) is 4.42 Å². The minimum atomic E-state index is -1.15. The van der Waals surface area contributed by atoms with E-state index >= 15 is 0 Å². The molecule has 1 atom stereocenters. The SMILES string of the molecule is COC(=O)C(C(=O)OC)C(C)c1nnc(-c2ccccc2)o1. The van der Waals surface area contributed by atoms with Crippen LogP contribution in [0.15, 0.2) is 34.7 Å². The summed E-state index contributed by atoms with van der Waals surface area (Å²) in [5.41, 5.74) is 0.751. The van der Waals surface area contributed by atoms with Crippen molar-refractivity contribution < 1.29 is 23.5 Å². The van der Waals surface area contributed by atoms with Crippen LogP contribution in [0, 0.1) is 5.92 Å². The molecule has 7 heteroatoms. The van der Waals surface area contributed by atoms with Crippen LogP contribution in [0.25, 0.3) is 11.5 Å². The maximum absolute atomic E-state index is 11.8. The van der Waals surface area contributed by atoms with Crippen molar-refractivity contribution in [2.24, 2.45) is 5.92 Å². The fourth-order valence-corrected chi connectivity index (χ4v) is 2.02. The van der Waals surface area contributed by atoms with Gasteiger partial charge in [0.2, 0.25) is 11.8 Å². The van der Waals surface area contributed by atoms with E-state index in [0.717, 1.165) is 5.56 Å². The zero-order valence-corrected chi connectivity index (χ0v) is 12.5. The molecule has 2 rings (SSSR count). The second-order valence-electron chi connectivity index (χ2n) is 4.62. The van der Waals surface area contributed by atoms with Gasteiger partial charge in [-0.3, -0.25) is 9.59 Å². The molecule has 0 saturated carbocycles. The van der Waals surface area contributed by atoms with Gasteiger partial charge < -0.3 is 13.9 Å². The van der Waals surface area contributed by atoms with E-state index < -0.39 is 23.8 Å². The van der Waals surface area contributed by atoms with Gasteiger partial charge in [-0.2, -0.15) is 0 Å². The van der Waals surface area contributed by atoms with Crippen molar-refractivity contribution in [3.8, 4) is 11.5 Å². The zero-order valence-electron chi connectivity index (χ0n) is 12.5. The number of hydrogen-bond acceptors (Lipinski definition) is 7. The molecule has 0 aliphatic rings. The summed E-state index contributed by atoms with van der Waals surface area (Å²) in [4.78, 5) is 23.6. The molecule has 1 unspecified atom stereocenters. The van der Waals surface area contributed by atoms with Gasteiger partial charge in [0.1, 0.15) is 0 Å². The van der Waals surface area contributed by atoms with Crippen molar-refractivity contribution in [2.75, 3.05) is 14.2 Å². The lowest BCUT2D eigenvalue weighted by molar-refractivity contribution is -0.160. The average Bonchev–Trinajstić information content (AvgIpc) is 3.05. The van der Waals surface area contributed by atoms with E-state index in [1.807, 2.05) is 30.3 Å². The molecular weight excluding hydrogens is 288 g/mol. The van der Waals surface area contributed by atoms with Crippen molar-refractivity contribution in [3.63, 3.8) is 0 Å². The third-order valence-corrected chi connectivity index (χ3v) is 3.26. The maximum atomic E-state index is 11.8. The van der Waals surface area contributed by atoms with Gasteiger partial charge in [-0.25, -0.2) is 0 Å². The number of hydrogen-bond donors (Lipinski definition) is 0. The average molecular weight is 304 g/mol. The van der Waals surface area contributed by atoms with Crippen LogP contribution in [0.2, 0.25) is 0 Å². The van der Waals surface area contributed by atoms with E-state index in [2.05, 4.69) is 19.7 Å². The molecule has 116 valence electrons. The van der Waals surface area contributed by atoms with Gasteiger partial charge in [-0.15, -0.1) is 10.2 Å².